The number of benzene rings is 7. The Morgan fingerprint density at radius 3 is 1.30 bits per heavy atom. The summed E-state index contributed by atoms with van der Waals surface area (Å²) in [6, 6.07) is 47.9. The number of hydrogen-bond acceptors (Lipinski definition) is 0. The largest absolute Gasteiger partial charge is 0.207 e. The van der Waals surface area contributed by atoms with Crippen LogP contribution in [-0.4, -0.2) is 0 Å². The Bertz CT molecular complexity index is 1860. The normalized spacial score (nSPS) is 11.4. The maximum Gasteiger partial charge on any atom is 0.123 e. The SMILES string of the molecule is Fc1ccc(-c2ccc(-c3c4ccccc4c(-c4ccccc4)c4ccccc34)c3ccccc23)cc1. The second-order valence-corrected chi connectivity index (χ2v) is 9.42. The van der Waals surface area contributed by atoms with Gasteiger partial charge < -0.3 is 0 Å². The monoisotopic (exact) mass is 474 g/mol. The zero-order valence-corrected chi connectivity index (χ0v) is 20.2. The summed E-state index contributed by atoms with van der Waals surface area (Å²) in [5, 5.41) is 7.31. The average molecular weight is 475 g/mol. The lowest BCUT2D eigenvalue weighted by Crippen LogP contribution is -1.92. The van der Waals surface area contributed by atoms with Gasteiger partial charge in [0.2, 0.25) is 0 Å². The second-order valence-electron chi connectivity index (χ2n) is 9.42. The van der Waals surface area contributed by atoms with E-state index in [2.05, 4.69) is 115 Å². The van der Waals surface area contributed by atoms with E-state index in [0.717, 1.165) is 16.5 Å². The van der Waals surface area contributed by atoms with Crippen molar-refractivity contribution in [3.05, 3.63) is 145 Å². The van der Waals surface area contributed by atoms with Crippen molar-refractivity contribution in [1.82, 2.24) is 0 Å². The molecule has 0 radical (unpaired) electrons. The Morgan fingerprint density at radius 1 is 0.297 bits per heavy atom. The highest BCUT2D eigenvalue weighted by Crippen LogP contribution is 2.46. The van der Waals surface area contributed by atoms with Crippen molar-refractivity contribution in [1.29, 1.82) is 0 Å². The summed E-state index contributed by atoms with van der Waals surface area (Å²) in [5.41, 5.74) is 7.05. The van der Waals surface area contributed by atoms with Crippen molar-refractivity contribution in [3.63, 3.8) is 0 Å². The first-order valence-corrected chi connectivity index (χ1v) is 12.6. The third kappa shape index (κ3) is 3.51. The minimum atomic E-state index is -0.221. The van der Waals surface area contributed by atoms with Gasteiger partial charge in [0.05, 0.1) is 0 Å². The van der Waals surface area contributed by atoms with Crippen LogP contribution in [0.15, 0.2) is 140 Å². The van der Waals surface area contributed by atoms with Crippen LogP contribution in [0.3, 0.4) is 0 Å². The summed E-state index contributed by atoms with van der Waals surface area (Å²) in [7, 11) is 0. The van der Waals surface area contributed by atoms with E-state index in [1.54, 1.807) is 0 Å². The fourth-order valence-electron chi connectivity index (χ4n) is 5.73. The smallest absolute Gasteiger partial charge is 0.123 e. The van der Waals surface area contributed by atoms with Crippen molar-refractivity contribution in [2.75, 3.05) is 0 Å². The predicted octanol–water partition coefficient (Wildman–Crippen LogP) is 10.3. The first-order valence-electron chi connectivity index (χ1n) is 12.6. The molecular weight excluding hydrogens is 451 g/mol. The fraction of sp³-hybridized carbons (Fsp3) is 0. The molecule has 0 amide bonds. The van der Waals surface area contributed by atoms with Gasteiger partial charge in [-0.25, -0.2) is 4.39 Å². The molecule has 0 spiro atoms. The molecule has 174 valence electrons. The van der Waals surface area contributed by atoms with Crippen LogP contribution in [0.1, 0.15) is 0 Å². The predicted molar refractivity (Wildman–Crippen MR) is 155 cm³/mol. The molecule has 37 heavy (non-hydrogen) atoms. The molecule has 0 bridgehead atoms. The zero-order valence-electron chi connectivity index (χ0n) is 20.2. The third-order valence-electron chi connectivity index (χ3n) is 7.34. The molecular formula is C36H23F. The van der Waals surface area contributed by atoms with Gasteiger partial charge in [0.15, 0.2) is 0 Å². The van der Waals surface area contributed by atoms with E-state index in [4.69, 9.17) is 0 Å². The van der Waals surface area contributed by atoms with Crippen molar-refractivity contribution in [2.24, 2.45) is 0 Å². The molecule has 0 heterocycles. The molecule has 0 aliphatic carbocycles. The quantitative estimate of drug-likeness (QED) is 0.223. The van der Waals surface area contributed by atoms with E-state index in [0.29, 0.717) is 0 Å². The maximum atomic E-state index is 13.7. The van der Waals surface area contributed by atoms with Crippen molar-refractivity contribution < 1.29 is 4.39 Å². The van der Waals surface area contributed by atoms with Gasteiger partial charge in [-0.15, -0.1) is 0 Å². The Kier molecular flexibility index (Phi) is 5.08. The molecule has 7 aromatic carbocycles. The van der Waals surface area contributed by atoms with Gasteiger partial charge >= 0.3 is 0 Å². The van der Waals surface area contributed by atoms with Gasteiger partial charge in [-0.3, -0.25) is 0 Å². The molecule has 0 aliphatic heterocycles. The number of fused-ring (bicyclic) bond motifs is 3. The number of rotatable bonds is 3. The summed E-state index contributed by atoms with van der Waals surface area (Å²) in [5.74, 6) is -0.221. The van der Waals surface area contributed by atoms with Crippen molar-refractivity contribution in [2.45, 2.75) is 0 Å². The topological polar surface area (TPSA) is 0 Å². The molecule has 7 aromatic rings. The van der Waals surface area contributed by atoms with E-state index in [9.17, 15) is 4.39 Å². The van der Waals surface area contributed by atoms with Gasteiger partial charge in [-0.2, -0.15) is 0 Å². The van der Waals surface area contributed by atoms with Crippen LogP contribution in [0.2, 0.25) is 0 Å². The Morgan fingerprint density at radius 2 is 0.730 bits per heavy atom. The Balaban J connectivity index is 1.60. The molecule has 0 aromatic heterocycles. The molecule has 0 atom stereocenters. The highest BCUT2D eigenvalue weighted by Gasteiger charge is 2.18. The number of hydrogen-bond donors (Lipinski definition) is 0. The maximum absolute atomic E-state index is 13.7. The average Bonchev–Trinajstić information content (AvgIpc) is 2.96. The van der Waals surface area contributed by atoms with Crippen LogP contribution >= 0.6 is 0 Å². The molecule has 0 saturated heterocycles. The standard InChI is InChI=1S/C36H23F/c37-26-20-18-24(19-21-26)27-22-23-34(29-13-5-4-12-28(27)29)36-32-16-8-6-14-30(32)35(25-10-2-1-3-11-25)31-15-7-9-17-33(31)36/h1-23H. The number of halogens is 1. The summed E-state index contributed by atoms with van der Waals surface area (Å²) in [6.45, 7) is 0. The first kappa shape index (κ1) is 21.5. The Labute approximate surface area is 215 Å². The molecule has 0 fully saturated rings. The van der Waals surface area contributed by atoms with Gasteiger partial charge in [0, 0.05) is 0 Å². The zero-order chi connectivity index (χ0) is 24.8. The van der Waals surface area contributed by atoms with Crippen LogP contribution in [0.4, 0.5) is 4.39 Å². The van der Waals surface area contributed by atoms with Crippen LogP contribution in [-0.2, 0) is 0 Å². The lowest BCUT2D eigenvalue weighted by atomic mass is 9.84. The first-order chi connectivity index (χ1) is 18.3. The van der Waals surface area contributed by atoms with Crippen LogP contribution in [0.5, 0.6) is 0 Å². The van der Waals surface area contributed by atoms with E-state index in [1.807, 2.05) is 12.1 Å². The molecule has 1 heteroatoms. The lowest BCUT2D eigenvalue weighted by Gasteiger charge is -2.19. The van der Waals surface area contributed by atoms with E-state index < -0.39 is 0 Å². The van der Waals surface area contributed by atoms with E-state index in [1.165, 1.54) is 61.3 Å². The third-order valence-corrected chi connectivity index (χ3v) is 7.34. The summed E-state index contributed by atoms with van der Waals surface area (Å²) < 4.78 is 13.7. The Hall–Kier alpha value is -4.75. The molecule has 0 unspecified atom stereocenters. The van der Waals surface area contributed by atoms with Crippen molar-refractivity contribution in [3.8, 4) is 33.4 Å². The van der Waals surface area contributed by atoms with Crippen molar-refractivity contribution >= 4 is 32.3 Å². The van der Waals surface area contributed by atoms with E-state index in [-0.39, 0.29) is 5.82 Å². The minimum Gasteiger partial charge on any atom is -0.207 e. The highest BCUT2D eigenvalue weighted by molar-refractivity contribution is 6.24. The van der Waals surface area contributed by atoms with Gasteiger partial charge in [-0.05, 0) is 77.8 Å². The van der Waals surface area contributed by atoms with Crippen LogP contribution < -0.4 is 0 Å². The van der Waals surface area contributed by atoms with Crippen LogP contribution in [0.25, 0.3) is 65.7 Å². The minimum absolute atomic E-state index is 0.221. The van der Waals surface area contributed by atoms with Gasteiger partial charge in [-0.1, -0.05) is 127 Å². The lowest BCUT2D eigenvalue weighted by molar-refractivity contribution is 0.628. The molecule has 7 rings (SSSR count). The highest BCUT2D eigenvalue weighted by atomic mass is 19.1. The molecule has 0 N–H and O–H groups in total. The summed E-state index contributed by atoms with van der Waals surface area (Å²) in [4.78, 5) is 0. The summed E-state index contributed by atoms with van der Waals surface area (Å²) >= 11 is 0. The molecule has 0 saturated carbocycles. The van der Waals surface area contributed by atoms with Gasteiger partial charge in [0.25, 0.3) is 0 Å². The van der Waals surface area contributed by atoms with Crippen LogP contribution in [0, 0.1) is 5.82 Å². The molecule has 0 aliphatic rings. The summed E-state index contributed by atoms with van der Waals surface area (Å²) in [6.07, 6.45) is 0. The second kappa shape index (κ2) is 8.72. The van der Waals surface area contributed by atoms with Gasteiger partial charge in [0.1, 0.15) is 5.82 Å². The fourth-order valence-corrected chi connectivity index (χ4v) is 5.73. The van der Waals surface area contributed by atoms with E-state index >= 15 is 0 Å². The molecule has 0 nitrogen and oxygen atoms in total.